The van der Waals surface area contributed by atoms with E-state index in [4.69, 9.17) is 11.6 Å². The molecular formula is C11H14ClN3O3. The predicted molar refractivity (Wildman–Crippen MR) is 69.9 cm³/mol. The summed E-state index contributed by atoms with van der Waals surface area (Å²) < 4.78 is 0. The highest BCUT2D eigenvalue weighted by Gasteiger charge is 2.14. The van der Waals surface area contributed by atoms with Gasteiger partial charge in [0.2, 0.25) is 5.91 Å². The fraction of sp³-hybridized carbons (Fsp3) is 0.364. The Bertz CT molecular complexity index is 463. The Kier molecular flexibility index (Phi) is 4.91. The summed E-state index contributed by atoms with van der Waals surface area (Å²) in [5.41, 5.74) is 0.114. The van der Waals surface area contributed by atoms with Crippen LogP contribution in [0.1, 0.15) is 13.8 Å². The molecule has 6 nitrogen and oxygen atoms in total. The summed E-state index contributed by atoms with van der Waals surface area (Å²) in [4.78, 5) is 21.7. The highest BCUT2D eigenvalue weighted by atomic mass is 35.5. The normalized spacial score (nSPS) is 10.2. The molecule has 0 heterocycles. The van der Waals surface area contributed by atoms with Crippen molar-refractivity contribution < 1.29 is 9.72 Å². The molecule has 0 aliphatic heterocycles. The van der Waals surface area contributed by atoms with Crippen LogP contribution in [0.15, 0.2) is 18.2 Å². The number of anilines is 1. The maximum Gasteiger partial charge on any atom is 0.292 e. The van der Waals surface area contributed by atoms with Crippen molar-refractivity contribution >= 4 is 28.9 Å². The Morgan fingerprint density at radius 2 is 2.17 bits per heavy atom. The molecule has 0 fully saturated rings. The lowest BCUT2D eigenvalue weighted by atomic mass is 10.2. The van der Waals surface area contributed by atoms with E-state index < -0.39 is 4.92 Å². The molecule has 1 aromatic rings. The molecule has 0 saturated carbocycles. The van der Waals surface area contributed by atoms with Crippen LogP contribution in [0.4, 0.5) is 11.4 Å². The smallest absolute Gasteiger partial charge is 0.292 e. The van der Waals surface area contributed by atoms with Crippen molar-refractivity contribution in [2.75, 3.05) is 11.9 Å². The number of nitro benzene ring substituents is 1. The Balaban J connectivity index is 2.74. The fourth-order valence-electron chi connectivity index (χ4n) is 1.36. The first-order valence-corrected chi connectivity index (χ1v) is 5.75. The zero-order valence-corrected chi connectivity index (χ0v) is 10.8. The summed E-state index contributed by atoms with van der Waals surface area (Å²) in [6.07, 6.45) is 0. The van der Waals surface area contributed by atoms with E-state index >= 15 is 0 Å². The van der Waals surface area contributed by atoms with Crippen molar-refractivity contribution in [1.82, 2.24) is 5.32 Å². The molecule has 7 heteroatoms. The highest BCUT2D eigenvalue weighted by Crippen LogP contribution is 2.27. The van der Waals surface area contributed by atoms with Crippen LogP contribution in [-0.4, -0.2) is 23.4 Å². The molecule has 0 aliphatic rings. The van der Waals surface area contributed by atoms with Gasteiger partial charge >= 0.3 is 0 Å². The Hall–Kier alpha value is -1.82. The minimum absolute atomic E-state index is 0.0219. The van der Waals surface area contributed by atoms with Crippen molar-refractivity contribution in [2.45, 2.75) is 19.9 Å². The monoisotopic (exact) mass is 271 g/mol. The number of nitrogens with zero attached hydrogens (tertiary/aromatic N) is 1. The SMILES string of the molecule is CC(C)NC(=O)CNc1cc(Cl)ccc1[N+](=O)[O-]. The molecule has 2 N–H and O–H groups in total. The van der Waals surface area contributed by atoms with Gasteiger partial charge < -0.3 is 10.6 Å². The number of halogens is 1. The summed E-state index contributed by atoms with van der Waals surface area (Å²) in [7, 11) is 0. The first-order chi connectivity index (χ1) is 8.40. The summed E-state index contributed by atoms with van der Waals surface area (Å²) in [5.74, 6) is -0.237. The number of benzene rings is 1. The summed E-state index contributed by atoms with van der Waals surface area (Å²) in [6.45, 7) is 3.62. The number of hydrogen-bond donors (Lipinski definition) is 2. The van der Waals surface area contributed by atoms with Gasteiger partial charge in [-0.3, -0.25) is 14.9 Å². The first-order valence-electron chi connectivity index (χ1n) is 5.37. The van der Waals surface area contributed by atoms with E-state index in [0.29, 0.717) is 5.02 Å². The van der Waals surface area contributed by atoms with E-state index in [1.165, 1.54) is 18.2 Å². The van der Waals surface area contributed by atoms with E-state index in [9.17, 15) is 14.9 Å². The second-order valence-electron chi connectivity index (χ2n) is 3.99. The molecule has 98 valence electrons. The van der Waals surface area contributed by atoms with Gasteiger partial charge in [-0.05, 0) is 26.0 Å². The number of nitro groups is 1. The second-order valence-corrected chi connectivity index (χ2v) is 4.43. The van der Waals surface area contributed by atoms with Crippen molar-refractivity contribution in [2.24, 2.45) is 0 Å². The molecular weight excluding hydrogens is 258 g/mol. The van der Waals surface area contributed by atoms with Gasteiger partial charge in [0.1, 0.15) is 5.69 Å². The third kappa shape index (κ3) is 4.21. The molecule has 18 heavy (non-hydrogen) atoms. The molecule has 0 aromatic heterocycles. The molecule has 0 radical (unpaired) electrons. The van der Waals surface area contributed by atoms with Gasteiger partial charge in [0.05, 0.1) is 11.5 Å². The zero-order valence-electron chi connectivity index (χ0n) is 10.1. The molecule has 0 spiro atoms. The van der Waals surface area contributed by atoms with Gasteiger partial charge in [0, 0.05) is 17.1 Å². The molecule has 0 bridgehead atoms. The lowest BCUT2D eigenvalue weighted by Crippen LogP contribution is -2.34. The van der Waals surface area contributed by atoms with E-state index in [0.717, 1.165) is 0 Å². The number of nitrogens with one attached hydrogen (secondary N) is 2. The summed E-state index contributed by atoms with van der Waals surface area (Å²) >= 11 is 5.76. The van der Waals surface area contributed by atoms with Gasteiger partial charge in [-0.1, -0.05) is 11.6 Å². The summed E-state index contributed by atoms with van der Waals surface area (Å²) in [6, 6.07) is 4.17. The molecule has 0 atom stereocenters. The number of carbonyl (C=O) groups is 1. The Morgan fingerprint density at radius 3 is 2.72 bits per heavy atom. The molecule has 0 aliphatic carbocycles. The minimum atomic E-state index is -0.529. The molecule has 1 rings (SSSR count). The van der Waals surface area contributed by atoms with Crippen LogP contribution < -0.4 is 10.6 Å². The van der Waals surface area contributed by atoms with E-state index in [2.05, 4.69) is 10.6 Å². The number of hydrogen-bond acceptors (Lipinski definition) is 4. The quantitative estimate of drug-likeness (QED) is 0.635. The van der Waals surface area contributed by atoms with E-state index in [1.807, 2.05) is 13.8 Å². The average molecular weight is 272 g/mol. The minimum Gasteiger partial charge on any atom is -0.371 e. The van der Waals surface area contributed by atoms with Crippen LogP contribution in [0.2, 0.25) is 5.02 Å². The largest absolute Gasteiger partial charge is 0.371 e. The molecule has 0 unspecified atom stereocenters. The Labute approximate surface area is 109 Å². The van der Waals surface area contributed by atoms with E-state index in [-0.39, 0.29) is 29.9 Å². The van der Waals surface area contributed by atoms with E-state index in [1.54, 1.807) is 0 Å². The number of rotatable bonds is 5. The van der Waals surface area contributed by atoms with Gasteiger partial charge in [0.25, 0.3) is 5.69 Å². The van der Waals surface area contributed by atoms with Gasteiger partial charge in [-0.15, -0.1) is 0 Å². The highest BCUT2D eigenvalue weighted by molar-refractivity contribution is 6.31. The average Bonchev–Trinajstić information content (AvgIpc) is 2.25. The zero-order chi connectivity index (χ0) is 13.7. The topological polar surface area (TPSA) is 84.3 Å². The fourth-order valence-corrected chi connectivity index (χ4v) is 1.53. The van der Waals surface area contributed by atoms with Crippen LogP contribution in [-0.2, 0) is 4.79 Å². The predicted octanol–water partition coefficient (Wildman–Crippen LogP) is 2.18. The lowest BCUT2D eigenvalue weighted by Gasteiger charge is -2.10. The first kappa shape index (κ1) is 14.2. The maximum atomic E-state index is 11.4. The lowest BCUT2D eigenvalue weighted by molar-refractivity contribution is -0.383. The number of amides is 1. The second kappa shape index (κ2) is 6.20. The van der Waals surface area contributed by atoms with Crippen molar-refractivity contribution in [3.63, 3.8) is 0 Å². The third-order valence-corrected chi connectivity index (χ3v) is 2.28. The van der Waals surface area contributed by atoms with Crippen LogP contribution in [0.3, 0.4) is 0 Å². The third-order valence-electron chi connectivity index (χ3n) is 2.04. The summed E-state index contributed by atoms with van der Waals surface area (Å²) in [5, 5.41) is 16.5. The molecule has 1 amide bonds. The number of carbonyl (C=O) groups excluding carboxylic acids is 1. The van der Waals surface area contributed by atoms with Crippen LogP contribution in [0.25, 0.3) is 0 Å². The van der Waals surface area contributed by atoms with Crippen molar-refractivity contribution in [1.29, 1.82) is 0 Å². The maximum absolute atomic E-state index is 11.4. The van der Waals surface area contributed by atoms with Crippen LogP contribution >= 0.6 is 11.6 Å². The van der Waals surface area contributed by atoms with Crippen molar-refractivity contribution in [3.8, 4) is 0 Å². The van der Waals surface area contributed by atoms with Crippen LogP contribution in [0.5, 0.6) is 0 Å². The molecule has 0 saturated heterocycles. The molecule has 1 aromatic carbocycles. The van der Waals surface area contributed by atoms with Crippen LogP contribution in [0, 0.1) is 10.1 Å². The Morgan fingerprint density at radius 1 is 1.50 bits per heavy atom. The van der Waals surface area contributed by atoms with Gasteiger partial charge in [-0.25, -0.2) is 0 Å². The van der Waals surface area contributed by atoms with Gasteiger partial charge in [0.15, 0.2) is 0 Å². The van der Waals surface area contributed by atoms with Gasteiger partial charge in [-0.2, -0.15) is 0 Å². The van der Waals surface area contributed by atoms with Crippen molar-refractivity contribution in [3.05, 3.63) is 33.3 Å². The standard InChI is InChI=1S/C11H14ClN3O3/c1-7(2)14-11(16)6-13-9-5-8(12)3-4-10(9)15(17)18/h3-5,7,13H,6H2,1-2H3,(H,14,16).